The van der Waals surface area contributed by atoms with E-state index < -0.39 is 10.0 Å². The van der Waals surface area contributed by atoms with E-state index in [0.717, 1.165) is 5.69 Å². The first-order valence-electron chi connectivity index (χ1n) is 11.0. The number of anilines is 2. The fourth-order valence-electron chi connectivity index (χ4n) is 3.80. The van der Waals surface area contributed by atoms with E-state index in [0.29, 0.717) is 53.2 Å². The molecule has 1 N–H and O–H groups in total. The number of carbonyl (C=O) groups is 1. The van der Waals surface area contributed by atoms with Gasteiger partial charge in [0.15, 0.2) is 6.61 Å². The van der Waals surface area contributed by atoms with Gasteiger partial charge in [-0.3, -0.25) is 9.52 Å². The highest BCUT2D eigenvalue weighted by molar-refractivity contribution is 7.92. The number of piperazine rings is 1. The number of carbonyl (C=O) groups excluding carboxylic acids is 1. The molecule has 1 aliphatic heterocycles. The smallest absolute Gasteiger partial charge is 0.261 e. The summed E-state index contributed by atoms with van der Waals surface area (Å²) in [5.74, 6) is 0.345. The van der Waals surface area contributed by atoms with Gasteiger partial charge < -0.3 is 14.5 Å². The van der Waals surface area contributed by atoms with Crippen LogP contribution in [0.2, 0.25) is 10.0 Å². The number of aryl methyl sites for hydroxylation is 1. The maximum Gasteiger partial charge on any atom is 0.261 e. The monoisotopic (exact) mass is 533 g/mol. The Balaban J connectivity index is 1.32. The molecule has 184 valence electrons. The van der Waals surface area contributed by atoms with Gasteiger partial charge in [-0.1, -0.05) is 29.3 Å². The van der Waals surface area contributed by atoms with Gasteiger partial charge in [0, 0.05) is 47.6 Å². The summed E-state index contributed by atoms with van der Waals surface area (Å²) in [5, 5.41) is 1.20. The highest BCUT2D eigenvalue weighted by Crippen LogP contribution is 2.25. The molecule has 0 aliphatic carbocycles. The Bertz CT molecular complexity index is 1310. The number of rotatable bonds is 7. The molecule has 0 atom stereocenters. The van der Waals surface area contributed by atoms with E-state index in [9.17, 15) is 13.2 Å². The van der Waals surface area contributed by atoms with Crippen molar-refractivity contribution in [2.45, 2.75) is 11.8 Å². The molecule has 0 spiro atoms. The molecule has 3 aromatic rings. The van der Waals surface area contributed by atoms with Gasteiger partial charge >= 0.3 is 0 Å². The molecule has 0 unspecified atom stereocenters. The predicted molar refractivity (Wildman–Crippen MR) is 139 cm³/mol. The Labute approximate surface area is 215 Å². The van der Waals surface area contributed by atoms with Crippen molar-refractivity contribution in [1.29, 1.82) is 0 Å². The number of nitrogens with one attached hydrogen (secondary N) is 1. The second-order valence-electron chi connectivity index (χ2n) is 8.18. The minimum Gasteiger partial charge on any atom is -0.483 e. The lowest BCUT2D eigenvalue weighted by atomic mass is 10.2. The molecule has 1 saturated heterocycles. The largest absolute Gasteiger partial charge is 0.483 e. The average molecular weight is 534 g/mol. The van der Waals surface area contributed by atoms with Gasteiger partial charge in [-0.25, -0.2) is 8.42 Å². The molecule has 0 aromatic heterocycles. The highest BCUT2D eigenvalue weighted by Gasteiger charge is 2.22. The van der Waals surface area contributed by atoms with Crippen molar-refractivity contribution in [2.24, 2.45) is 0 Å². The van der Waals surface area contributed by atoms with Crippen molar-refractivity contribution >= 4 is 50.5 Å². The quantitative estimate of drug-likeness (QED) is 0.470. The molecule has 0 radical (unpaired) electrons. The van der Waals surface area contributed by atoms with Crippen LogP contribution in [-0.2, 0) is 14.8 Å². The maximum absolute atomic E-state index is 12.7. The fraction of sp³-hybridized carbons (Fsp3) is 0.240. The number of benzene rings is 3. The van der Waals surface area contributed by atoms with E-state index in [1.807, 2.05) is 24.3 Å². The van der Waals surface area contributed by atoms with Gasteiger partial charge in [0.2, 0.25) is 0 Å². The lowest BCUT2D eigenvalue weighted by Gasteiger charge is -2.36. The summed E-state index contributed by atoms with van der Waals surface area (Å²) in [6, 6.07) is 18.6. The van der Waals surface area contributed by atoms with Gasteiger partial charge in [-0.2, -0.15) is 0 Å². The van der Waals surface area contributed by atoms with Crippen molar-refractivity contribution < 1.29 is 17.9 Å². The molecule has 0 bridgehead atoms. The minimum absolute atomic E-state index is 0.0979. The summed E-state index contributed by atoms with van der Waals surface area (Å²) in [6.45, 7) is 4.21. The second kappa shape index (κ2) is 10.8. The van der Waals surface area contributed by atoms with Crippen LogP contribution in [0, 0.1) is 6.92 Å². The molecular weight excluding hydrogens is 509 g/mol. The Kier molecular flexibility index (Phi) is 7.74. The van der Waals surface area contributed by atoms with E-state index in [1.165, 1.54) is 12.1 Å². The lowest BCUT2D eigenvalue weighted by Crippen LogP contribution is -2.50. The van der Waals surface area contributed by atoms with Gasteiger partial charge in [0.05, 0.1) is 4.90 Å². The van der Waals surface area contributed by atoms with Crippen molar-refractivity contribution in [2.75, 3.05) is 42.4 Å². The zero-order chi connectivity index (χ0) is 25.0. The molecule has 1 fully saturated rings. The summed E-state index contributed by atoms with van der Waals surface area (Å²) >= 11 is 11.9. The predicted octanol–water partition coefficient (Wildman–Crippen LogP) is 4.83. The number of hydrogen-bond donors (Lipinski definition) is 1. The molecule has 3 aromatic carbocycles. The Morgan fingerprint density at radius 1 is 0.943 bits per heavy atom. The first-order valence-corrected chi connectivity index (χ1v) is 13.3. The van der Waals surface area contributed by atoms with E-state index in [4.69, 9.17) is 27.9 Å². The van der Waals surface area contributed by atoms with Crippen LogP contribution in [0.5, 0.6) is 5.75 Å². The van der Waals surface area contributed by atoms with Gasteiger partial charge in [-0.15, -0.1) is 0 Å². The topological polar surface area (TPSA) is 78.9 Å². The first kappa shape index (κ1) is 25.2. The standard InChI is InChI=1S/C25H25Cl2N3O4S/c1-18-15-23(35(32,33)28-21-7-5-19(26)6-8-21)9-10-24(18)34-17-25(31)30-13-11-29(12-14-30)22-4-2-3-20(27)16-22/h2-10,15-16,28H,11-14,17H2,1H3. The van der Waals surface area contributed by atoms with Crippen molar-refractivity contribution in [3.05, 3.63) is 82.3 Å². The van der Waals surface area contributed by atoms with Crippen LogP contribution in [0.15, 0.2) is 71.6 Å². The van der Waals surface area contributed by atoms with E-state index in [1.54, 1.807) is 42.2 Å². The molecule has 1 aliphatic rings. The second-order valence-corrected chi connectivity index (χ2v) is 10.7. The van der Waals surface area contributed by atoms with E-state index in [2.05, 4.69) is 9.62 Å². The molecule has 10 heteroatoms. The number of halogens is 2. The van der Waals surface area contributed by atoms with Crippen molar-refractivity contribution in [3.8, 4) is 5.75 Å². The zero-order valence-electron chi connectivity index (χ0n) is 19.1. The minimum atomic E-state index is -3.78. The van der Waals surface area contributed by atoms with Crippen LogP contribution >= 0.6 is 23.2 Å². The lowest BCUT2D eigenvalue weighted by molar-refractivity contribution is -0.133. The maximum atomic E-state index is 12.7. The fourth-order valence-corrected chi connectivity index (χ4v) is 5.25. The average Bonchev–Trinajstić information content (AvgIpc) is 2.84. The Hall–Kier alpha value is -2.94. The first-order chi connectivity index (χ1) is 16.7. The van der Waals surface area contributed by atoms with Gasteiger partial charge in [0.25, 0.3) is 15.9 Å². The summed E-state index contributed by atoms with van der Waals surface area (Å²) in [6.07, 6.45) is 0. The SMILES string of the molecule is Cc1cc(S(=O)(=O)Nc2ccc(Cl)cc2)ccc1OCC(=O)N1CCN(c2cccc(Cl)c2)CC1. The molecule has 7 nitrogen and oxygen atoms in total. The number of amides is 1. The zero-order valence-corrected chi connectivity index (χ0v) is 21.4. The molecule has 1 amide bonds. The van der Waals surface area contributed by atoms with E-state index >= 15 is 0 Å². The van der Waals surface area contributed by atoms with Crippen molar-refractivity contribution in [1.82, 2.24) is 4.90 Å². The van der Waals surface area contributed by atoms with Crippen LogP contribution in [0.25, 0.3) is 0 Å². The van der Waals surface area contributed by atoms with Crippen molar-refractivity contribution in [3.63, 3.8) is 0 Å². The summed E-state index contributed by atoms with van der Waals surface area (Å²) in [7, 11) is -3.78. The number of ether oxygens (including phenoxy) is 1. The summed E-state index contributed by atoms with van der Waals surface area (Å²) < 4.78 is 33.7. The van der Waals surface area contributed by atoms with Crippen LogP contribution in [-0.4, -0.2) is 52.0 Å². The van der Waals surface area contributed by atoms with Crippen LogP contribution in [0.3, 0.4) is 0 Å². The van der Waals surface area contributed by atoms with Gasteiger partial charge in [0.1, 0.15) is 5.75 Å². The van der Waals surface area contributed by atoms with E-state index in [-0.39, 0.29) is 17.4 Å². The van der Waals surface area contributed by atoms with Gasteiger partial charge in [-0.05, 0) is 73.2 Å². The number of sulfonamides is 1. The normalized spacial score (nSPS) is 14.0. The Morgan fingerprint density at radius 2 is 1.66 bits per heavy atom. The third-order valence-electron chi connectivity index (χ3n) is 5.71. The Morgan fingerprint density at radius 3 is 2.31 bits per heavy atom. The highest BCUT2D eigenvalue weighted by atomic mass is 35.5. The number of nitrogens with zero attached hydrogens (tertiary/aromatic N) is 2. The summed E-state index contributed by atoms with van der Waals surface area (Å²) in [5.41, 5.74) is 2.06. The third kappa shape index (κ3) is 6.39. The molecule has 35 heavy (non-hydrogen) atoms. The number of hydrogen-bond acceptors (Lipinski definition) is 5. The molecule has 1 heterocycles. The molecule has 0 saturated carbocycles. The third-order valence-corrected chi connectivity index (χ3v) is 7.58. The molecular formula is C25H25Cl2N3O4S. The molecule has 4 rings (SSSR count). The van der Waals surface area contributed by atoms with Crippen LogP contribution < -0.4 is 14.4 Å². The summed E-state index contributed by atoms with van der Waals surface area (Å²) in [4.78, 5) is 16.7. The van der Waals surface area contributed by atoms with Crippen LogP contribution in [0.4, 0.5) is 11.4 Å². The van der Waals surface area contributed by atoms with Crippen LogP contribution in [0.1, 0.15) is 5.56 Å².